The van der Waals surface area contributed by atoms with Gasteiger partial charge in [0, 0.05) is 27.7 Å². The van der Waals surface area contributed by atoms with Crippen LogP contribution in [0.4, 0.5) is 0 Å². The van der Waals surface area contributed by atoms with Gasteiger partial charge in [-0.05, 0) is 0 Å². The number of aliphatic hydroxyl groups excluding tert-OH is 14. The summed E-state index contributed by atoms with van der Waals surface area (Å²) in [5, 5.41) is 209. The smallest absolute Gasteiger partial charge is 0.397 e. The van der Waals surface area contributed by atoms with Gasteiger partial charge in [0.25, 0.3) is 0 Å². The van der Waals surface area contributed by atoms with E-state index in [9.17, 15) is 178 Å². The SMILES string of the molecule is CC(=O)NC1C(OC2C(C(=O)O)OC(OC3C(COS(=O)(=O)O)OC(OC4C(C(=O)O)OC(OC5C(COS(=O)(=O)O)OC(OC6C(C(=O)O)OC(OC7C(COS(=O)(=O)O)OC(OC8C(C(=O)O)OC(O)C(O)C8O)C(NC(C)=O)C7O)C(O)C6O)C(NC(C)=O)C5O)C(O)C4O)C(NC(C)=O)C3O)C(O)C2O)OC(COS(=O)(=O)O)C(O)C1O. The van der Waals surface area contributed by atoms with Crippen LogP contribution in [0.3, 0.4) is 0 Å². The molecule has 0 aromatic carbocycles. The van der Waals surface area contributed by atoms with Gasteiger partial charge in [0.05, 0.1) is 26.4 Å². The first-order chi connectivity index (χ1) is 55.9. The van der Waals surface area contributed by atoms with Crippen molar-refractivity contribution in [2.45, 2.75) is 273 Å². The van der Waals surface area contributed by atoms with Crippen molar-refractivity contribution in [1.82, 2.24) is 21.3 Å². The minimum atomic E-state index is -5.71. The lowest BCUT2D eigenvalue weighted by atomic mass is 9.93. The maximum Gasteiger partial charge on any atom is 0.397 e. The standard InChI is InChI=1S/C56H86N4O57S4/c1-9(61)57-17-22(66)21(65)13(5-99-118(87,88)89)103-50(17)112-38-27(71)31(75)54(115-42(38)46(80)81)109-35-15(7-101-120(93,94)95)105-52(19(24(35)68)59-11(3)63)114-40-29(73)33(77)56(117-44(40)48(84)85)110-36-16(8-102-121(96,97)98)106-53(20(25(36)69)60-12(4)64)113-39-28(72)32(76)55(116-43(39)47(82)83)108-34-14(6-100-119(90,91)92)104-51(18(23(34)67)58-10(2)62)111-37-26(70)30(74)49(86)107-41(37)45(78)79/h13-44,49-56,65-77,86H,5-8H2,1-4H3,(H,57,61)(H,58,62)(H,59,63)(H,60,64)(H,78,79)(H,80,81)(H,82,83)(H,84,85)(H,87,88,89)(H,90,91,92)(H,93,94,95)(H,96,97,98). The van der Waals surface area contributed by atoms with Crippen molar-refractivity contribution in [3.63, 3.8) is 0 Å². The molecule has 0 aromatic heterocycles. The summed E-state index contributed by atoms with van der Waals surface area (Å²) in [7, 11) is -22.3. The van der Waals surface area contributed by atoms with E-state index in [1.807, 2.05) is 5.32 Å². The Bertz CT molecular complexity index is 4100. The zero-order valence-electron chi connectivity index (χ0n) is 61.7. The molecule has 61 nitrogen and oxygen atoms in total. The fourth-order valence-electron chi connectivity index (χ4n) is 13.6. The Morgan fingerprint density at radius 2 is 0.463 bits per heavy atom. The molecule has 0 bridgehead atoms. The number of carbonyl (C=O) groups is 8. The number of hydrogen-bond acceptors (Lipinski definition) is 49. The van der Waals surface area contributed by atoms with Crippen molar-refractivity contribution < 1.29 is 270 Å². The van der Waals surface area contributed by atoms with Gasteiger partial charge in [-0.25, -0.2) is 35.9 Å². The van der Waals surface area contributed by atoms with Gasteiger partial charge >= 0.3 is 65.5 Å². The summed E-state index contributed by atoms with van der Waals surface area (Å²) in [6, 6.07) is -8.86. The fourth-order valence-corrected chi connectivity index (χ4v) is 14.8. The molecule has 26 N–H and O–H groups in total. The van der Waals surface area contributed by atoms with Gasteiger partial charge in [-0.15, -0.1) is 0 Å². The van der Waals surface area contributed by atoms with Crippen LogP contribution in [0.25, 0.3) is 0 Å². The summed E-state index contributed by atoms with van der Waals surface area (Å²) in [6.07, 6.45) is -92.0. The van der Waals surface area contributed by atoms with Gasteiger partial charge < -0.3 is 184 Å². The van der Waals surface area contributed by atoms with Gasteiger partial charge in [0.15, 0.2) is 74.7 Å². The second-order valence-corrected chi connectivity index (χ2v) is 31.9. The van der Waals surface area contributed by atoms with E-state index in [0.29, 0.717) is 6.92 Å². The Balaban J connectivity index is 1.03. The number of ether oxygens (including phenoxy) is 15. The van der Waals surface area contributed by atoms with Crippen molar-refractivity contribution in [1.29, 1.82) is 0 Å². The lowest BCUT2D eigenvalue weighted by molar-refractivity contribution is -0.381. The molecule has 8 fully saturated rings. The molecule has 121 heavy (non-hydrogen) atoms. The molecule has 40 atom stereocenters. The lowest BCUT2D eigenvalue weighted by Gasteiger charge is -2.50. The highest BCUT2D eigenvalue weighted by atomic mass is 32.3. The second-order valence-electron chi connectivity index (χ2n) is 27.6. The highest BCUT2D eigenvalue weighted by Gasteiger charge is 2.63. The van der Waals surface area contributed by atoms with Crippen LogP contribution < -0.4 is 21.3 Å². The van der Waals surface area contributed by atoms with Crippen molar-refractivity contribution in [2.24, 2.45) is 0 Å². The average Bonchev–Trinajstić information content (AvgIpc) is 0.764. The Morgan fingerprint density at radius 1 is 0.256 bits per heavy atom. The van der Waals surface area contributed by atoms with E-state index in [0.717, 1.165) is 20.8 Å². The van der Waals surface area contributed by atoms with Gasteiger partial charge in [-0.1, -0.05) is 0 Å². The van der Waals surface area contributed by atoms with E-state index in [1.54, 1.807) is 0 Å². The fraction of sp³-hybridized carbons (Fsp3) is 0.857. The van der Waals surface area contributed by atoms with Crippen LogP contribution in [0, 0.1) is 0 Å². The predicted octanol–water partition coefficient (Wildman–Crippen LogP) is -18.2. The maximum absolute atomic E-state index is 13.3. The zero-order chi connectivity index (χ0) is 90.8. The van der Waals surface area contributed by atoms with E-state index < -0.39 is 361 Å². The van der Waals surface area contributed by atoms with Crippen molar-refractivity contribution >= 4 is 89.1 Å². The van der Waals surface area contributed by atoms with Crippen molar-refractivity contribution in [3.8, 4) is 0 Å². The Morgan fingerprint density at radius 3 is 0.694 bits per heavy atom. The third-order valence-corrected chi connectivity index (χ3v) is 20.7. The van der Waals surface area contributed by atoms with Crippen LogP contribution in [0.15, 0.2) is 0 Å². The summed E-state index contributed by atoms with van der Waals surface area (Å²) in [5.74, 6) is -13.2. The van der Waals surface area contributed by atoms with Crippen molar-refractivity contribution in [2.75, 3.05) is 26.4 Å². The van der Waals surface area contributed by atoms with Crippen LogP contribution in [0.5, 0.6) is 0 Å². The molecule has 8 aliphatic rings. The third-order valence-electron chi connectivity index (χ3n) is 18.9. The Labute approximate surface area is 677 Å². The monoisotopic (exact) mass is 1850 g/mol. The van der Waals surface area contributed by atoms with Crippen LogP contribution in [0.1, 0.15) is 27.7 Å². The van der Waals surface area contributed by atoms with E-state index in [4.69, 9.17) is 75.6 Å². The first-order valence-electron chi connectivity index (χ1n) is 34.7. The predicted molar refractivity (Wildman–Crippen MR) is 355 cm³/mol. The minimum absolute atomic E-state index is 0.713. The molecular weight excluding hydrogens is 1770 g/mol. The molecule has 0 saturated carbocycles. The molecule has 0 aliphatic carbocycles. The number of amides is 4. The molecule has 8 rings (SSSR count). The average molecular weight is 1860 g/mol. The third kappa shape index (κ3) is 25.3. The Kier molecular flexibility index (Phi) is 33.9. The molecule has 8 heterocycles. The van der Waals surface area contributed by atoms with Gasteiger partial charge in [0.1, 0.15) is 171 Å². The van der Waals surface area contributed by atoms with E-state index in [-0.39, 0.29) is 0 Å². The van der Waals surface area contributed by atoms with E-state index in [2.05, 4.69) is 32.7 Å². The summed E-state index contributed by atoms with van der Waals surface area (Å²) < 4.78 is 234. The normalized spacial score (nSPS) is 42.7. The lowest BCUT2D eigenvalue weighted by Crippen LogP contribution is -2.71. The molecule has 4 amide bonds. The molecule has 0 spiro atoms. The number of aliphatic carboxylic acids is 4. The molecule has 8 saturated heterocycles. The number of carboxylic acids is 4. The van der Waals surface area contributed by atoms with E-state index >= 15 is 0 Å². The molecule has 40 unspecified atom stereocenters. The number of nitrogens with one attached hydrogen (secondary N) is 4. The summed E-state index contributed by atoms with van der Waals surface area (Å²) in [5.41, 5.74) is 0. The molecule has 0 aromatic rings. The van der Waals surface area contributed by atoms with Crippen LogP contribution in [-0.2, 0) is 168 Å². The molecule has 696 valence electrons. The maximum atomic E-state index is 13.3. The van der Waals surface area contributed by atoms with Crippen molar-refractivity contribution in [3.05, 3.63) is 0 Å². The molecular formula is C56H86N4O57S4. The summed E-state index contributed by atoms with van der Waals surface area (Å²) >= 11 is 0. The van der Waals surface area contributed by atoms with E-state index in [1.165, 1.54) is 0 Å². The van der Waals surface area contributed by atoms with Gasteiger partial charge in [0.2, 0.25) is 23.6 Å². The second kappa shape index (κ2) is 40.8. The largest absolute Gasteiger partial charge is 0.479 e. The molecule has 0 radical (unpaired) electrons. The summed E-state index contributed by atoms with van der Waals surface area (Å²) in [6.45, 7) is -3.08. The van der Waals surface area contributed by atoms with Crippen LogP contribution >= 0.6 is 0 Å². The number of hydrogen-bond donors (Lipinski definition) is 26. The first-order valence-corrected chi connectivity index (χ1v) is 40.2. The van der Waals surface area contributed by atoms with Crippen LogP contribution in [-0.4, -0.2) is 463 Å². The van der Waals surface area contributed by atoms with Crippen LogP contribution in [0.2, 0.25) is 0 Å². The first kappa shape index (κ1) is 100. The zero-order valence-corrected chi connectivity index (χ0v) is 64.9. The van der Waals surface area contributed by atoms with Gasteiger partial charge in [-0.2, -0.15) is 33.7 Å². The number of carboxylic acid groups (broad SMARTS) is 4. The Hall–Kier alpha value is -5.92. The highest BCUT2D eigenvalue weighted by molar-refractivity contribution is 7.81. The number of aliphatic hydroxyl groups is 14. The molecule has 8 aliphatic heterocycles. The molecule has 65 heteroatoms. The summed E-state index contributed by atoms with van der Waals surface area (Å²) in [4.78, 5) is 102. The minimum Gasteiger partial charge on any atom is -0.479 e. The quantitative estimate of drug-likeness (QED) is 0.0266. The van der Waals surface area contributed by atoms with Gasteiger partial charge in [-0.3, -0.25) is 37.4 Å². The number of rotatable bonds is 34. The highest BCUT2D eigenvalue weighted by Crippen LogP contribution is 2.40. The number of carbonyl (C=O) groups excluding carboxylic acids is 4. The topological polar surface area (TPSA) is 942 Å².